The molecular formula is C26H35FO5S. The van der Waals surface area contributed by atoms with Crippen LogP contribution in [0.2, 0.25) is 0 Å². The molecular weight excluding hydrogens is 443 g/mol. The van der Waals surface area contributed by atoms with Crippen LogP contribution >= 0.6 is 11.8 Å². The van der Waals surface area contributed by atoms with Crippen LogP contribution in [0.25, 0.3) is 0 Å². The molecule has 4 aliphatic carbocycles. The number of thioether (sulfide) groups is 1. The minimum absolute atomic E-state index is 0.0246. The monoisotopic (exact) mass is 478 g/mol. The van der Waals surface area contributed by atoms with Crippen LogP contribution in [-0.2, 0) is 19.1 Å². The van der Waals surface area contributed by atoms with Gasteiger partial charge in [-0.1, -0.05) is 32.4 Å². The molecule has 0 spiro atoms. The third kappa shape index (κ3) is 3.03. The topological polar surface area (TPSA) is 80.7 Å². The number of rotatable bonds is 5. The molecule has 0 aromatic heterocycles. The van der Waals surface area contributed by atoms with Crippen molar-refractivity contribution in [3.63, 3.8) is 0 Å². The predicted molar refractivity (Wildman–Crippen MR) is 125 cm³/mol. The Morgan fingerprint density at radius 1 is 1.30 bits per heavy atom. The van der Waals surface area contributed by atoms with Crippen LogP contribution in [0, 0.1) is 28.6 Å². The van der Waals surface area contributed by atoms with Gasteiger partial charge in [0.15, 0.2) is 22.8 Å². The highest BCUT2D eigenvalue weighted by Gasteiger charge is 2.77. The molecule has 0 aliphatic heterocycles. The van der Waals surface area contributed by atoms with E-state index in [1.54, 1.807) is 19.9 Å². The second kappa shape index (κ2) is 8.04. The molecule has 33 heavy (non-hydrogen) atoms. The second-order valence-electron chi connectivity index (χ2n) is 10.8. The average molecular weight is 479 g/mol. The summed E-state index contributed by atoms with van der Waals surface area (Å²) in [7, 11) is 0. The Morgan fingerprint density at radius 3 is 2.64 bits per heavy atom. The van der Waals surface area contributed by atoms with Crippen molar-refractivity contribution >= 4 is 29.3 Å². The first-order chi connectivity index (χ1) is 15.4. The number of aliphatic hydroxyl groups excluding tert-OH is 1. The molecule has 0 aromatic carbocycles. The van der Waals surface area contributed by atoms with E-state index in [0.717, 1.165) is 5.57 Å². The fourth-order valence-electron chi connectivity index (χ4n) is 7.89. The van der Waals surface area contributed by atoms with Crippen molar-refractivity contribution in [2.75, 3.05) is 12.0 Å². The second-order valence-corrected chi connectivity index (χ2v) is 11.7. The molecule has 0 saturated heterocycles. The molecule has 3 saturated carbocycles. The van der Waals surface area contributed by atoms with Gasteiger partial charge in [-0.2, -0.15) is 11.8 Å². The van der Waals surface area contributed by atoms with E-state index in [0.29, 0.717) is 19.3 Å². The Balaban J connectivity index is 1.84. The molecule has 0 bridgehead atoms. The number of allylic oxidation sites excluding steroid dienone is 4. The Bertz CT molecular complexity index is 945. The minimum Gasteiger partial charge on any atom is -0.450 e. The summed E-state index contributed by atoms with van der Waals surface area (Å²) < 4.78 is 23.3. The molecule has 8 atom stereocenters. The number of hydrogen-bond donors (Lipinski definition) is 1. The van der Waals surface area contributed by atoms with E-state index in [9.17, 15) is 19.5 Å². The number of Topliss-reactive ketones (excluding diaryl/α,β-unsaturated/α-hetero) is 1. The predicted octanol–water partition coefficient (Wildman–Crippen LogP) is 4.23. The summed E-state index contributed by atoms with van der Waals surface area (Å²) in [5.41, 5.74) is -4.58. The van der Waals surface area contributed by atoms with Gasteiger partial charge in [-0.3, -0.25) is 14.4 Å². The van der Waals surface area contributed by atoms with E-state index >= 15 is 4.39 Å². The van der Waals surface area contributed by atoms with Crippen LogP contribution in [0.5, 0.6) is 0 Å². The zero-order valence-corrected chi connectivity index (χ0v) is 21.0. The average Bonchev–Trinajstić information content (AvgIpc) is 2.97. The fourth-order valence-corrected chi connectivity index (χ4v) is 8.37. The number of aliphatic hydroxyl groups is 1. The highest BCUT2D eigenvalue weighted by Crippen LogP contribution is 2.71. The van der Waals surface area contributed by atoms with Crippen LogP contribution in [0.15, 0.2) is 23.8 Å². The molecule has 0 unspecified atom stereocenters. The van der Waals surface area contributed by atoms with E-state index in [1.165, 1.54) is 23.9 Å². The summed E-state index contributed by atoms with van der Waals surface area (Å²) in [5.74, 6) is -1.59. The number of ketones is 2. The lowest BCUT2D eigenvalue weighted by Crippen LogP contribution is -2.70. The van der Waals surface area contributed by atoms with E-state index in [2.05, 4.69) is 0 Å². The van der Waals surface area contributed by atoms with Crippen molar-refractivity contribution in [2.45, 2.75) is 77.2 Å². The van der Waals surface area contributed by atoms with Gasteiger partial charge in [0.25, 0.3) is 0 Å². The maximum Gasteiger partial charge on any atom is 0.306 e. The van der Waals surface area contributed by atoms with Gasteiger partial charge in [0.1, 0.15) is 0 Å². The lowest BCUT2D eigenvalue weighted by molar-refractivity contribution is -0.226. The van der Waals surface area contributed by atoms with Gasteiger partial charge < -0.3 is 9.84 Å². The van der Waals surface area contributed by atoms with Gasteiger partial charge in [0.2, 0.25) is 0 Å². The first-order valence-electron chi connectivity index (χ1n) is 12.0. The Kier molecular flexibility index (Phi) is 6.01. The van der Waals surface area contributed by atoms with Crippen molar-refractivity contribution in [3.8, 4) is 0 Å². The van der Waals surface area contributed by atoms with Crippen LogP contribution < -0.4 is 0 Å². The third-order valence-corrected chi connectivity index (χ3v) is 9.99. The zero-order chi connectivity index (χ0) is 24.4. The van der Waals surface area contributed by atoms with Crippen LogP contribution in [-0.4, -0.2) is 52.0 Å². The molecule has 5 nitrogen and oxygen atoms in total. The van der Waals surface area contributed by atoms with Gasteiger partial charge in [-0.15, -0.1) is 0 Å². The molecule has 182 valence electrons. The molecule has 0 heterocycles. The van der Waals surface area contributed by atoms with Crippen molar-refractivity contribution in [2.24, 2.45) is 28.6 Å². The number of fused-ring (bicyclic) bond motifs is 5. The van der Waals surface area contributed by atoms with Crippen LogP contribution in [0.4, 0.5) is 4.39 Å². The molecule has 0 amide bonds. The number of carbonyl (C=O) groups is 3. The zero-order valence-electron chi connectivity index (χ0n) is 20.2. The molecule has 0 radical (unpaired) electrons. The lowest BCUT2D eigenvalue weighted by Gasteiger charge is -2.62. The number of alkyl halides is 1. The summed E-state index contributed by atoms with van der Waals surface area (Å²) in [6.07, 6.45) is 6.80. The van der Waals surface area contributed by atoms with Gasteiger partial charge >= 0.3 is 5.97 Å². The summed E-state index contributed by atoms with van der Waals surface area (Å²) in [4.78, 5) is 38.2. The number of esters is 1. The summed E-state index contributed by atoms with van der Waals surface area (Å²) in [5, 5.41) is 11.5. The minimum atomic E-state index is -1.97. The normalized spacial score (nSPS) is 46.2. The maximum atomic E-state index is 17.3. The van der Waals surface area contributed by atoms with Crippen molar-refractivity contribution in [3.05, 3.63) is 23.8 Å². The summed E-state index contributed by atoms with van der Waals surface area (Å²) >= 11 is 1.38. The quantitative estimate of drug-likeness (QED) is 0.596. The molecule has 1 N–H and O–H groups in total. The highest BCUT2D eigenvalue weighted by molar-refractivity contribution is 7.99. The Morgan fingerprint density at radius 2 is 2.00 bits per heavy atom. The van der Waals surface area contributed by atoms with Gasteiger partial charge in [-0.05, 0) is 56.9 Å². The standard InChI is InChI=1S/C26H35FO5S/c1-6-22(31)32-26(21(30)14-33-5)15(2)11-19-18-8-7-16-12-17(28)9-10-23(16,3)25(18,27)20(29)13-24(19,26)4/h9-10,12,15,18-20,29H,6-8,11,13-14H2,1-5H3/t15-,18-,19-,20-,23-,24-,25-,26-/m0/s1. The lowest BCUT2D eigenvalue weighted by atomic mass is 9.44. The highest BCUT2D eigenvalue weighted by atomic mass is 32.2. The molecule has 3 fully saturated rings. The van der Waals surface area contributed by atoms with E-state index in [-0.39, 0.29) is 42.0 Å². The van der Waals surface area contributed by atoms with Crippen molar-refractivity contribution in [1.82, 2.24) is 0 Å². The van der Waals surface area contributed by atoms with E-state index < -0.39 is 40.1 Å². The molecule has 4 aliphatic rings. The van der Waals surface area contributed by atoms with Crippen molar-refractivity contribution < 1.29 is 28.6 Å². The summed E-state index contributed by atoms with van der Waals surface area (Å²) in [6, 6.07) is 0. The smallest absolute Gasteiger partial charge is 0.306 e. The van der Waals surface area contributed by atoms with E-state index in [1.807, 2.05) is 20.1 Å². The van der Waals surface area contributed by atoms with Gasteiger partial charge in [0, 0.05) is 29.1 Å². The molecule has 7 heteroatoms. The summed E-state index contributed by atoms with van der Waals surface area (Å²) in [6.45, 7) is 7.32. The third-order valence-electron chi connectivity index (χ3n) is 9.43. The number of ether oxygens (including phenoxy) is 1. The first-order valence-corrected chi connectivity index (χ1v) is 13.4. The Labute approximate surface area is 199 Å². The fraction of sp³-hybridized carbons (Fsp3) is 0.731. The number of halogens is 1. The maximum absolute atomic E-state index is 17.3. The Hall–Kier alpha value is -1.47. The molecule has 0 aromatic rings. The number of hydrogen-bond acceptors (Lipinski definition) is 6. The number of carbonyl (C=O) groups excluding carboxylic acids is 3. The van der Waals surface area contributed by atoms with Gasteiger partial charge in [0.05, 0.1) is 11.9 Å². The van der Waals surface area contributed by atoms with Crippen LogP contribution in [0.3, 0.4) is 0 Å². The van der Waals surface area contributed by atoms with Crippen molar-refractivity contribution in [1.29, 1.82) is 0 Å². The van der Waals surface area contributed by atoms with Crippen LogP contribution in [0.1, 0.15) is 59.8 Å². The first kappa shape index (κ1) is 24.6. The SMILES string of the molecule is CCC(=O)O[C@]1(C(=O)CSC)[C@@H](C)C[C@H]2[C@@H]3CCC4=CC(=O)C=C[C@]4(C)[C@@]3(F)[C@@H](O)C[C@@]21C. The molecule has 4 rings (SSSR count). The van der Waals surface area contributed by atoms with E-state index in [4.69, 9.17) is 4.74 Å². The van der Waals surface area contributed by atoms with Gasteiger partial charge in [-0.25, -0.2) is 4.39 Å². The largest absolute Gasteiger partial charge is 0.450 e.